The summed E-state index contributed by atoms with van der Waals surface area (Å²) in [6, 6.07) is 6.79. The molecule has 0 saturated carbocycles. The predicted molar refractivity (Wildman–Crippen MR) is 104 cm³/mol. The van der Waals surface area contributed by atoms with Gasteiger partial charge in [-0.15, -0.1) is 0 Å². The fourth-order valence-electron chi connectivity index (χ4n) is 2.43. The minimum absolute atomic E-state index is 0.246. The van der Waals surface area contributed by atoms with Gasteiger partial charge in [0.05, 0.1) is 17.7 Å². The van der Waals surface area contributed by atoms with Gasteiger partial charge in [0.1, 0.15) is 10.4 Å². The summed E-state index contributed by atoms with van der Waals surface area (Å²) in [7, 11) is -2.51. The number of hydrogen-bond donors (Lipinski definition) is 3. The molecule has 0 saturated heterocycles. The van der Waals surface area contributed by atoms with Crippen LogP contribution in [0.25, 0.3) is 11.0 Å². The van der Waals surface area contributed by atoms with E-state index in [0.29, 0.717) is 29.2 Å². The Hall–Kier alpha value is -2.44. The lowest BCUT2D eigenvalue weighted by Gasteiger charge is -2.10. The third-order valence-corrected chi connectivity index (χ3v) is 4.60. The Kier molecular flexibility index (Phi) is 5.48. The number of anilines is 2. The van der Waals surface area contributed by atoms with Crippen LogP contribution >= 0.6 is 15.9 Å². The minimum atomic E-state index is -4.29. The first-order valence-electron chi connectivity index (χ1n) is 7.88. The summed E-state index contributed by atoms with van der Waals surface area (Å²) in [6.45, 7) is 2.71. The SMILES string of the molecule is CCOc1nc(NCc2ccc(NS(=O)(=O)O)cc2)c2c(Br)nn(C)c2n1. The molecule has 0 radical (unpaired) electrons. The number of aromatic nitrogens is 4. The van der Waals surface area contributed by atoms with E-state index in [1.807, 2.05) is 11.6 Å². The van der Waals surface area contributed by atoms with Gasteiger partial charge in [-0.25, -0.2) is 4.68 Å². The van der Waals surface area contributed by atoms with Gasteiger partial charge >= 0.3 is 16.3 Å². The second-order valence-electron chi connectivity index (χ2n) is 5.53. The van der Waals surface area contributed by atoms with Crippen molar-refractivity contribution in [2.75, 3.05) is 16.6 Å². The number of ether oxygens (including phenoxy) is 1. The van der Waals surface area contributed by atoms with Crippen molar-refractivity contribution in [2.45, 2.75) is 13.5 Å². The zero-order valence-corrected chi connectivity index (χ0v) is 16.9. The highest BCUT2D eigenvalue weighted by atomic mass is 79.9. The first-order chi connectivity index (χ1) is 12.8. The largest absolute Gasteiger partial charge is 0.464 e. The molecule has 0 aliphatic heterocycles. The van der Waals surface area contributed by atoms with E-state index in [1.54, 1.807) is 36.0 Å². The molecule has 3 aromatic rings. The molecule has 0 aliphatic carbocycles. The lowest BCUT2D eigenvalue weighted by Crippen LogP contribution is -2.10. The third kappa shape index (κ3) is 4.64. The molecule has 3 N–H and O–H groups in total. The van der Waals surface area contributed by atoms with Crippen molar-refractivity contribution in [2.24, 2.45) is 7.05 Å². The van der Waals surface area contributed by atoms with Gasteiger partial charge in [0.2, 0.25) is 0 Å². The Morgan fingerprint density at radius 2 is 1.96 bits per heavy atom. The molecule has 0 spiro atoms. The minimum Gasteiger partial charge on any atom is -0.464 e. The first-order valence-corrected chi connectivity index (χ1v) is 10.1. The van der Waals surface area contributed by atoms with Crippen molar-refractivity contribution in [3.05, 3.63) is 34.4 Å². The quantitative estimate of drug-likeness (QED) is 0.461. The van der Waals surface area contributed by atoms with Gasteiger partial charge in [0.15, 0.2) is 5.65 Å². The van der Waals surface area contributed by atoms with Crippen LogP contribution in [0.15, 0.2) is 28.9 Å². The van der Waals surface area contributed by atoms with Crippen molar-refractivity contribution in [1.29, 1.82) is 0 Å². The number of nitrogens with one attached hydrogen (secondary N) is 2. The molecule has 10 nitrogen and oxygen atoms in total. The summed E-state index contributed by atoms with van der Waals surface area (Å²) in [5, 5.41) is 8.25. The Morgan fingerprint density at radius 3 is 2.59 bits per heavy atom. The molecular formula is C15H17BrN6O4S. The monoisotopic (exact) mass is 456 g/mol. The molecule has 12 heteroatoms. The molecule has 2 aromatic heterocycles. The summed E-state index contributed by atoms with van der Waals surface area (Å²) in [5.41, 5.74) is 1.76. The molecular weight excluding hydrogens is 440 g/mol. The van der Waals surface area contributed by atoms with Crippen LogP contribution in [0.5, 0.6) is 6.01 Å². The second-order valence-corrected chi connectivity index (χ2v) is 7.43. The molecule has 3 rings (SSSR count). The smallest absolute Gasteiger partial charge is 0.357 e. The molecule has 0 bridgehead atoms. The van der Waals surface area contributed by atoms with Crippen LogP contribution < -0.4 is 14.8 Å². The van der Waals surface area contributed by atoms with E-state index in [0.717, 1.165) is 10.9 Å². The van der Waals surface area contributed by atoms with Crippen LogP contribution in [-0.2, 0) is 23.9 Å². The Morgan fingerprint density at radius 1 is 1.26 bits per heavy atom. The maximum atomic E-state index is 10.8. The van der Waals surface area contributed by atoms with E-state index in [1.165, 1.54) is 0 Å². The highest BCUT2D eigenvalue weighted by Crippen LogP contribution is 2.29. The summed E-state index contributed by atoms with van der Waals surface area (Å²) >= 11 is 3.41. The van der Waals surface area contributed by atoms with E-state index in [9.17, 15) is 8.42 Å². The molecule has 1 aromatic carbocycles. The number of benzene rings is 1. The van der Waals surface area contributed by atoms with Crippen LogP contribution in [0.3, 0.4) is 0 Å². The number of hydrogen-bond acceptors (Lipinski definition) is 7. The van der Waals surface area contributed by atoms with Crippen molar-refractivity contribution < 1.29 is 17.7 Å². The summed E-state index contributed by atoms with van der Waals surface area (Å²) in [4.78, 5) is 8.75. The normalized spacial score (nSPS) is 11.6. The zero-order valence-electron chi connectivity index (χ0n) is 14.5. The molecule has 0 amide bonds. The van der Waals surface area contributed by atoms with Gasteiger partial charge in [-0.3, -0.25) is 9.27 Å². The molecule has 27 heavy (non-hydrogen) atoms. The highest BCUT2D eigenvalue weighted by molar-refractivity contribution is 9.10. The molecule has 0 aliphatic rings. The number of rotatable bonds is 7. The van der Waals surface area contributed by atoms with Crippen molar-refractivity contribution in [1.82, 2.24) is 19.7 Å². The number of nitrogens with zero attached hydrogens (tertiary/aromatic N) is 4. The summed E-state index contributed by atoms with van der Waals surface area (Å²) < 4.78 is 40.1. The number of fused-ring (bicyclic) bond motifs is 1. The Balaban J connectivity index is 1.84. The summed E-state index contributed by atoms with van der Waals surface area (Å²) in [5.74, 6) is 0.559. The topological polar surface area (TPSA) is 131 Å². The van der Waals surface area contributed by atoms with Gasteiger partial charge in [-0.1, -0.05) is 12.1 Å². The molecule has 0 unspecified atom stereocenters. The van der Waals surface area contributed by atoms with Gasteiger partial charge in [-0.2, -0.15) is 23.5 Å². The fraction of sp³-hybridized carbons (Fsp3) is 0.267. The Bertz CT molecular complexity index is 1070. The predicted octanol–water partition coefficient (Wildman–Crippen LogP) is 2.35. The van der Waals surface area contributed by atoms with Crippen LogP contribution in [0.4, 0.5) is 11.5 Å². The van der Waals surface area contributed by atoms with Crippen molar-refractivity contribution >= 4 is 48.8 Å². The number of aryl methyl sites for hydroxylation is 1. The van der Waals surface area contributed by atoms with Crippen LogP contribution in [-0.4, -0.2) is 39.3 Å². The van der Waals surface area contributed by atoms with E-state index in [4.69, 9.17) is 9.29 Å². The number of halogens is 1. The third-order valence-electron chi connectivity index (χ3n) is 3.55. The van der Waals surface area contributed by atoms with Crippen LogP contribution in [0, 0.1) is 0 Å². The van der Waals surface area contributed by atoms with E-state index < -0.39 is 10.3 Å². The standard InChI is InChI=1S/C15H17BrN6O4S/c1-3-26-15-18-13(11-12(16)20-22(2)14(11)19-15)17-8-9-4-6-10(7-5-9)21-27(23,24)25/h4-7,21H,3,8H2,1-2H3,(H,17,18,19)(H,23,24,25). The van der Waals surface area contributed by atoms with Gasteiger partial charge in [0, 0.05) is 13.6 Å². The van der Waals surface area contributed by atoms with E-state index in [-0.39, 0.29) is 11.7 Å². The van der Waals surface area contributed by atoms with Gasteiger partial charge in [0.25, 0.3) is 0 Å². The molecule has 0 fully saturated rings. The van der Waals surface area contributed by atoms with E-state index >= 15 is 0 Å². The highest BCUT2D eigenvalue weighted by Gasteiger charge is 2.16. The Labute approximate surface area is 164 Å². The fourth-order valence-corrected chi connectivity index (χ4v) is 3.47. The van der Waals surface area contributed by atoms with Crippen LogP contribution in [0.1, 0.15) is 12.5 Å². The van der Waals surface area contributed by atoms with Gasteiger partial charge in [-0.05, 0) is 40.5 Å². The van der Waals surface area contributed by atoms with Gasteiger partial charge < -0.3 is 10.1 Å². The molecule has 144 valence electrons. The zero-order chi connectivity index (χ0) is 19.6. The van der Waals surface area contributed by atoms with E-state index in [2.05, 4.69) is 36.3 Å². The second kappa shape index (κ2) is 7.66. The lowest BCUT2D eigenvalue weighted by molar-refractivity contribution is 0.314. The average Bonchev–Trinajstić information content (AvgIpc) is 2.87. The average molecular weight is 457 g/mol. The summed E-state index contributed by atoms with van der Waals surface area (Å²) in [6.07, 6.45) is 0. The maximum absolute atomic E-state index is 10.8. The van der Waals surface area contributed by atoms with Crippen molar-refractivity contribution in [3.63, 3.8) is 0 Å². The first kappa shape index (κ1) is 19.3. The molecule has 0 atom stereocenters. The van der Waals surface area contributed by atoms with Crippen molar-refractivity contribution in [3.8, 4) is 6.01 Å². The maximum Gasteiger partial charge on any atom is 0.357 e. The van der Waals surface area contributed by atoms with Crippen LogP contribution in [0.2, 0.25) is 0 Å². The lowest BCUT2D eigenvalue weighted by atomic mass is 10.2. The molecule has 2 heterocycles.